The number of amides is 1. The molecule has 0 aliphatic heterocycles. The second kappa shape index (κ2) is 36.7. The van der Waals surface area contributed by atoms with Gasteiger partial charge >= 0.3 is 0 Å². The van der Waals surface area contributed by atoms with Crippen molar-refractivity contribution in [1.29, 1.82) is 0 Å². The third-order valence-electron chi connectivity index (χ3n) is 9.51. The van der Waals surface area contributed by atoms with Crippen molar-refractivity contribution >= 4 is 5.91 Å². The summed E-state index contributed by atoms with van der Waals surface area (Å²) in [5.74, 6) is 0.281. The zero-order valence-corrected chi connectivity index (χ0v) is 29.8. The standard InChI is InChI=1S/C40H81NO/c1-4-6-8-10-12-14-16-18-20-22-24-26-28-30-32-34-36-38-41(40(3)42)39-37-35-33-31-29-27-25-23-21-19-17-15-13-11-9-7-5-2/h4-39H2,1-3H3. The van der Waals surface area contributed by atoms with Gasteiger partial charge in [-0.15, -0.1) is 0 Å². The predicted octanol–water partition coefficient (Wildman–Crippen LogP) is 14.1. The van der Waals surface area contributed by atoms with E-state index in [2.05, 4.69) is 18.7 Å². The second-order valence-corrected chi connectivity index (χ2v) is 13.8. The van der Waals surface area contributed by atoms with Crippen LogP contribution in [-0.4, -0.2) is 23.9 Å². The maximum atomic E-state index is 12.1. The van der Waals surface area contributed by atoms with E-state index >= 15 is 0 Å². The lowest BCUT2D eigenvalue weighted by molar-refractivity contribution is -0.129. The molecule has 0 heterocycles. The summed E-state index contributed by atoms with van der Waals surface area (Å²) in [6.07, 6.45) is 47.9. The molecule has 0 radical (unpaired) electrons. The van der Waals surface area contributed by atoms with E-state index in [1.165, 1.54) is 218 Å². The zero-order valence-electron chi connectivity index (χ0n) is 29.8. The van der Waals surface area contributed by atoms with Gasteiger partial charge in [-0.05, 0) is 12.8 Å². The van der Waals surface area contributed by atoms with Gasteiger partial charge in [0, 0.05) is 20.0 Å². The van der Waals surface area contributed by atoms with E-state index in [4.69, 9.17) is 0 Å². The van der Waals surface area contributed by atoms with Gasteiger partial charge < -0.3 is 4.90 Å². The van der Waals surface area contributed by atoms with Gasteiger partial charge in [0.2, 0.25) is 5.91 Å². The Morgan fingerprint density at radius 2 is 0.476 bits per heavy atom. The number of carbonyl (C=O) groups excluding carboxylic acids is 1. The maximum absolute atomic E-state index is 12.1. The minimum Gasteiger partial charge on any atom is -0.343 e. The van der Waals surface area contributed by atoms with Gasteiger partial charge in [-0.1, -0.05) is 219 Å². The molecule has 42 heavy (non-hydrogen) atoms. The number of hydrogen-bond acceptors (Lipinski definition) is 1. The molecule has 0 aromatic rings. The Balaban J connectivity index is 3.36. The fraction of sp³-hybridized carbons (Fsp3) is 0.975. The summed E-state index contributed by atoms with van der Waals surface area (Å²) in [7, 11) is 0. The summed E-state index contributed by atoms with van der Waals surface area (Å²) in [6, 6.07) is 0. The fourth-order valence-corrected chi connectivity index (χ4v) is 6.48. The van der Waals surface area contributed by atoms with Gasteiger partial charge in [-0.2, -0.15) is 0 Å². The van der Waals surface area contributed by atoms with Crippen molar-refractivity contribution in [2.24, 2.45) is 0 Å². The Morgan fingerprint density at radius 1 is 0.310 bits per heavy atom. The van der Waals surface area contributed by atoms with Crippen LogP contribution in [0.4, 0.5) is 0 Å². The number of unbranched alkanes of at least 4 members (excludes halogenated alkanes) is 32. The first-order valence-electron chi connectivity index (χ1n) is 20.0. The molecule has 0 aromatic heterocycles. The first-order valence-corrected chi connectivity index (χ1v) is 20.0. The molecule has 0 aliphatic rings. The van der Waals surface area contributed by atoms with Gasteiger partial charge in [0.05, 0.1) is 0 Å². The number of hydrogen-bond donors (Lipinski definition) is 0. The third-order valence-corrected chi connectivity index (χ3v) is 9.51. The SMILES string of the molecule is CCCCCCCCCCCCCCCCCCCN(CCCCCCCCCCCCCCCCCCC)C(C)=O. The van der Waals surface area contributed by atoms with E-state index in [1.807, 2.05) is 0 Å². The minimum absolute atomic E-state index is 0.281. The van der Waals surface area contributed by atoms with Crippen LogP contribution in [0.5, 0.6) is 0 Å². The number of rotatable bonds is 36. The van der Waals surface area contributed by atoms with Crippen molar-refractivity contribution in [1.82, 2.24) is 4.90 Å². The van der Waals surface area contributed by atoms with Crippen molar-refractivity contribution < 1.29 is 4.79 Å². The van der Waals surface area contributed by atoms with E-state index in [-0.39, 0.29) is 5.91 Å². The smallest absolute Gasteiger partial charge is 0.219 e. The fourth-order valence-electron chi connectivity index (χ4n) is 6.48. The molecule has 0 aromatic carbocycles. The largest absolute Gasteiger partial charge is 0.343 e. The molecular formula is C40H81NO. The van der Waals surface area contributed by atoms with E-state index < -0.39 is 0 Å². The van der Waals surface area contributed by atoms with Crippen molar-refractivity contribution in [3.63, 3.8) is 0 Å². The Labute approximate surface area is 267 Å². The lowest BCUT2D eigenvalue weighted by Gasteiger charge is -2.21. The summed E-state index contributed by atoms with van der Waals surface area (Å²) in [5, 5.41) is 0. The summed E-state index contributed by atoms with van der Waals surface area (Å²) < 4.78 is 0. The lowest BCUT2D eigenvalue weighted by atomic mass is 10.0. The first-order chi connectivity index (χ1) is 20.7. The molecule has 0 atom stereocenters. The van der Waals surface area contributed by atoms with Crippen LogP contribution in [0.25, 0.3) is 0 Å². The minimum atomic E-state index is 0.281. The van der Waals surface area contributed by atoms with E-state index in [0.29, 0.717) is 0 Å². The van der Waals surface area contributed by atoms with Gasteiger partial charge in [-0.25, -0.2) is 0 Å². The predicted molar refractivity (Wildman–Crippen MR) is 191 cm³/mol. The summed E-state index contributed by atoms with van der Waals surface area (Å²) in [6.45, 7) is 8.32. The highest BCUT2D eigenvalue weighted by molar-refractivity contribution is 5.73. The molecule has 0 bridgehead atoms. The zero-order chi connectivity index (χ0) is 30.6. The molecular weight excluding hydrogens is 510 g/mol. The van der Waals surface area contributed by atoms with Crippen LogP contribution in [0.2, 0.25) is 0 Å². The van der Waals surface area contributed by atoms with Crippen LogP contribution in [0.1, 0.15) is 239 Å². The molecule has 0 spiro atoms. The third kappa shape index (κ3) is 34.0. The molecule has 0 unspecified atom stereocenters. The molecule has 1 amide bonds. The number of carbonyl (C=O) groups is 1. The molecule has 252 valence electrons. The van der Waals surface area contributed by atoms with Crippen molar-refractivity contribution in [2.45, 2.75) is 239 Å². The molecule has 0 N–H and O–H groups in total. The van der Waals surface area contributed by atoms with Gasteiger partial charge in [0.15, 0.2) is 0 Å². The van der Waals surface area contributed by atoms with Crippen LogP contribution in [0, 0.1) is 0 Å². The summed E-state index contributed by atoms with van der Waals surface area (Å²) in [4.78, 5) is 14.2. The molecule has 2 nitrogen and oxygen atoms in total. The van der Waals surface area contributed by atoms with Gasteiger partial charge in [-0.3, -0.25) is 4.79 Å². The van der Waals surface area contributed by atoms with Crippen molar-refractivity contribution in [3.8, 4) is 0 Å². The Morgan fingerprint density at radius 3 is 0.643 bits per heavy atom. The molecule has 0 rings (SSSR count). The molecule has 0 fully saturated rings. The monoisotopic (exact) mass is 592 g/mol. The maximum Gasteiger partial charge on any atom is 0.219 e. The van der Waals surface area contributed by atoms with Crippen LogP contribution in [0.3, 0.4) is 0 Å². The lowest BCUT2D eigenvalue weighted by Crippen LogP contribution is -2.30. The van der Waals surface area contributed by atoms with Crippen LogP contribution >= 0.6 is 0 Å². The molecule has 2 heteroatoms. The van der Waals surface area contributed by atoms with Gasteiger partial charge in [0.1, 0.15) is 0 Å². The van der Waals surface area contributed by atoms with Crippen LogP contribution in [-0.2, 0) is 4.79 Å². The van der Waals surface area contributed by atoms with Crippen molar-refractivity contribution in [3.05, 3.63) is 0 Å². The van der Waals surface area contributed by atoms with E-state index in [0.717, 1.165) is 13.1 Å². The second-order valence-electron chi connectivity index (χ2n) is 13.8. The molecule has 0 aliphatic carbocycles. The van der Waals surface area contributed by atoms with Gasteiger partial charge in [0.25, 0.3) is 0 Å². The Bertz CT molecular complexity index is 466. The number of nitrogens with zero attached hydrogens (tertiary/aromatic N) is 1. The topological polar surface area (TPSA) is 20.3 Å². The highest BCUT2D eigenvalue weighted by Gasteiger charge is 2.07. The highest BCUT2D eigenvalue weighted by Crippen LogP contribution is 2.16. The average Bonchev–Trinajstić information content (AvgIpc) is 2.99. The average molecular weight is 592 g/mol. The Kier molecular flexibility index (Phi) is 36.2. The molecule has 0 saturated heterocycles. The van der Waals surface area contributed by atoms with E-state index in [1.54, 1.807) is 6.92 Å². The normalized spacial score (nSPS) is 11.4. The quantitative estimate of drug-likeness (QED) is 0.0663. The first kappa shape index (κ1) is 41.5. The molecule has 0 saturated carbocycles. The summed E-state index contributed by atoms with van der Waals surface area (Å²) >= 11 is 0. The van der Waals surface area contributed by atoms with Crippen LogP contribution < -0.4 is 0 Å². The van der Waals surface area contributed by atoms with Crippen LogP contribution in [0.15, 0.2) is 0 Å². The van der Waals surface area contributed by atoms with E-state index in [9.17, 15) is 4.79 Å². The van der Waals surface area contributed by atoms with Crippen molar-refractivity contribution in [2.75, 3.05) is 13.1 Å². The highest BCUT2D eigenvalue weighted by atomic mass is 16.2. The summed E-state index contributed by atoms with van der Waals surface area (Å²) in [5.41, 5.74) is 0. The Hall–Kier alpha value is -0.530.